The first-order valence-electron chi connectivity index (χ1n) is 18.6. The number of rotatable bonds is 13. The summed E-state index contributed by atoms with van der Waals surface area (Å²) in [7, 11) is 2.69. The van der Waals surface area contributed by atoms with Gasteiger partial charge in [0.15, 0.2) is 11.5 Å². The number of methoxy groups -OCH3 is 2. The molecule has 0 bridgehead atoms. The summed E-state index contributed by atoms with van der Waals surface area (Å²) in [5.74, 6) is -2.30. The third-order valence-electron chi connectivity index (χ3n) is 11.1. The summed E-state index contributed by atoms with van der Waals surface area (Å²) in [6, 6.07) is 15.7. The number of hydrogen-bond acceptors (Lipinski definition) is 10. The number of phenolic OH excluding ortho intramolecular Hbond substituents is 1. The Balaban J connectivity index is 1.04. The second-order valence-electron chi connectivity index (χ2n) is 14.5. The van der Waals surface area contributed by atoms with Crippen molar-refractivity contribution in [3.05, 3.63) is 77.4 Å². The number of ether oxygens (including phenoxy) is 3. The van der Waals surface area contributed by atoms with Gasteiger partial charge in [-0.05, 0) is 73.4 Å². The Hall–Kier alpha value is -6.12. The van der Waals surface area contributed by atoms with E-state index < -0.39 is 29.5 Å². The maximum Gasteiger partial charge on any atom is 0.414 e. The summed E-state index contributed by atoms with van der Waals surface area (Å²) >= 11 is 0. The van der Waals surface area contributed by atoms with Gasteiger partial charge in [0.05, 0.1) is 38.1 Å². The van der Waals surface area contributed by atoms with Gasteiger partial charge in [-0.1, -0.05) is 44.2 Å². The van der Waals surface area contributed by atoms with Crippen molar-refractivity contribution in [2.24, 2.45) is 11.8 Å². The zero-order valence-electron chi connectivity index (χ0n) is 32.0. The first-order chi connectivity index (χ1) is 26.8. The zero-order valence-corrected chi connectivity index (χ0v) is 32.0. The molecular weight excluding hydrogens is 722 g/mol. The summed E-state index contributed by atoms with van der Waals surface area (Å²) in [5.41, 5.74) is 2.07. The molecule has 296 valence electrons. The third kappa shape index (κ3) is 7.84. The average molecular weight is 770 g/mol. The summed E-state index contributed by atoms with van der Waals surface area (Å²) < 4.78 is 15.6. The molecule has 1 aliphatic carbocycles. The summed E-state index contributed by atoms with van der Waals surface area (Å²) in [5, 5.41) is 19.0. The van der Waals surface area contributed by atoms with Crippen molar-refractivity contribution >= 4 is 52.8 Å². The van der Waals surface area contributed by atoms with Crippen molar-refractivity contribution in [2.45, 2.75) is 77.1 Å². The number of aromatic hydroxyl groups is 1. The number of fused-ring (bicyclic) bond motifs is 4. The Labute approximate surface area is 324 Å². The van der Waals surface area contributed by atoms with E-state index >= 15 is 0 Å². The number of para-hydroxylation sites is 1. The molecule has 1 saturated carbocycles. The van der Waals surface area contributed by atoms with Crippen LogP contribution >= 0.6 is 0 Å². The van der Waals surface area contributed by atoms with Crippen molar-refractivity contribution in [3.63, 3.8) is 0 Å². The predicted molar refractivity (Wildman–Crippen MR) is 205 cm³/mol. The number of anilines is 3. The fourth-order valence-electron chi connectivity index (χ4n) is 7.57. The van der Waals surface area contributed by atoms with Crippen LogP contribution in [0.4, 0.5) is 21.9 Å². The quantitative estimate of drug-likeness (QED) is 0.143. The van der Waals surface area contributed by atoms with Crippen LogP contribution in [0.2, 0.25) is 0 Å². The zero-order chi connectivity index (χ0) is 40.3. The minimum atomic E-state index is -1.13. The fourth-order valence-corrected chi connectivity index (χ4v) is 7.57. The maximum atomic E-state index is 13.9. The van der Waals surface area contributed by atoms with Gasteiger partial charge in [0.1, 0.15) is 18.2 Å². The normalized spacial score (nSPS) is 21.0. The Morgan fingerprint density at radius 3 is 2.32 bits per heavy atom. The molecule has 0 saturated heterocycles. The third-order valence-corrected chi connectivity index (χ3v) is 11.1. The second kappa shape index (κ2) is 16.3. The number of phenols is 1. The number of esters is 1. The lowest BCUT2D eigenvalue weighted by Gasteiger charge is -2.26. The Morgan fingerprint density at radius 2 is 1.64 bits per heavy atom. The van der Waals surface area contributed by atoms with Crippen LogP contribution in [0.25, 0.3) is 0 Å². The molecule has 3 aromatic carbocycles. The van der Waals surface area contributed by atoms with Gasteiger partial charge >= 0.3 is 12.1 Å². The molecule has 0 aromatic heterocycles. The fraction of sp³-hybridized carbons (Fsp3) is 0.415. The summed E-state index contributed by atoms with van der Waals surface area (Å²) in [6.07, 6.45) is 1.14. The van der Waals surface area contributed by atoms with Crippen molar-refractivity contribution in [3.8, 4) is 11.5 Å². The highest BCUT2D eigenvalue weighted by molar-refractivity contribution is 6.14. The van der Waals surface area contributed by atoms with E-state index in [4.69, 9.17) is 9.47 Å². The molecule has 2 unspecified atom stereocenters. The van der Waals surface area contributed by atoms with Crippen LogP contribution in [0.1, 0.15) is 67.9 Å². The Bertz CT molecular complexity index is 2030. The first-order valence-corrected chi connectivity index (χ1v) is 18.6. The summed E-state index contributed by atoms with van der Waals surface area (Å²) in [6.45, 7) is 5.29. The minimum Gasteiger partial charge on any atom is -0.504 e. The minimum absolute atomic E-state index is 0.0987. The average Bonchev–Trinajstić information content (AvgIpc) is 3.54. The van der Waals surface area contributed by atoms with Crippen LogP contribution in [-0.4, -0.2) is 79.2 Å². The number of carbonyl (C=O) groups excluding carboxylic acids is 6. The van der Waals surface area contributed by atoms with E-state index in [0.29, 0.717) is 30.5 Å². The number of carbonyl (C=O) groups is 6. The first kappa shape index (κ1) is 39.6. The molecule has 0 radical (unpaired) electrons. The molecule has 1 fully saturated rings. The van der Waals surface area contributed by atoms with Crippen LogP contribution in [-0.2, 0) is 41.7 Å². The van der Waals surface area contributed by atoms with Crippen LogP contribution in [0.15, 0.2) is 60.7 Å². The van der Waals surface area contributed by atoms with E-state index in [0.717, 1.165) is 11.3 Å². The molecule has 5 amide bonds. The highest BCUT2D eigenvalue weighted by Crippen LogP contribution is 2.50. The lowest BCUT2D eigenvalue weighted by atomic mass is 10.1. The molecule has 2 heterocycles. The topological polar surface area (TPSA) is 193 Å². The maximum absolute atomic E-state index is 13.9. The molecule has 2 aliphatic heterocycles. The number of nitrogens with zero attached hydrogens (tertiary/aromatic N) is 2. The molecule has 56 heavy (non-hydrogen) atoms. The largest absolute Gasteiger partial charge is 0.504 e. The van der Waals surface area contributed by atoms with E-state index in [2.05, 4.69) is 20.7 Å². The van der Waals surface area contributed by atoms with E-state index in [1.54, 1.807) is 36.1 Å². The van der Waals surface area contributed by atoms with Crippen LogP contribution in [0, 0.1) is 11.8 Å². The lowest BCUT2D eigenvalue weighted by Crippen LogP contribution is -2.55. The predicted octanol–water partition coefficient (Wildman–Crippen LogP) is 4.45. The van der Waals surface area contributed by atoms with E-state index in [9.17, 15) is 33.9 Å². The Morgan fingerprint density at radius 1 is 0.946 bits per heavy atom. The van der Waals surface area contributed by atoms with Gasteiger partial charge in [0, 0.05) is 30.3 Å². The molecule has 3 aromatic rings. The van der Waals surface area contributed by atoms with Crippen molar-refractivity contribution in [1.29, 1.82) is 0 Å². The van der Waals surface area contributed by atoms with Crippen molar-refractivity contribution in [1.82, 2.24) is 10.6 Å². The number of amides is 5. The molecule has 15 heteroatoms. The Kier molecular flexibility index (Phi) is 11.5. The van der Waals surface area contributed by atoms with Gasteiger partial charge in [-0.3, -0.25) is 28.9 Å². The van der Waals surface area contributed by atoms with Crippen LogP contribution in [0.5, 0.6) is 11.5 Å². The standard InChI is InChI=1S/C41H47N5O10/c1-23-24(2)41(23,44-35(48)12-8-9-13-36(49)55-5)39(52)42-25(3)37(50)43-28-16-14-26(15-17-28)22-56-40(53)45-21-29-18-27-10-6-7-11-31(27)46(29)38(51)30-19-34(54-4)33(47)20-32(30)45/h6-7,10-11,14-17,19-20,23-25,29,47H,8-9,12-13,18,21-22H2,1-5H3,(H,42,52)(H,43,50)(H,44,48)/t23-,24?,25-,29+,41?/m1/s1. The molecule has 6 rings (SSSR count). The highest BCUT2D eigenvalue weighted by atomic mass is 16.6. The van der Waals surface area contributed by atoms with Gasteiger partial charge in [-0.2, -0.15) is 0 Å². The van der Waals surface area contributed by atoms with Gasteiger partial charge in [-0.25, -0.2) is 4.79 Å². The molecule has 4 N–H and O–H groups in total. The molecule has 0 spiro atoms. The van der Waals surface area contributed by atoms with Crippen molar-refractivity contribution in [2.75, 3.05) is 35.9 Å². The van der Waals surface area contributed by atoms with Crippen LogP contribution in [0.3, 0.4) is 0 Å². The molecular formula is C41H47N5O10. The molecule has 3 aliphatic rings. The van der Waals surface area contributed by atoms with E-state index in [-0.39, 0.29) is 84.4 Å². The number of benzene rings is 3. The van der Waals surface area contributed by atoms with Gasteiger partial charge in [-0.15, -0.1) is 0 Å². The molecule has 5 atom stereocenters. The smallest absolute Gasteiger partial charge is 0.414 e. The lowest BCUT2D eigenvalue weighted by molar-refractivity contribution is -0.140. The number of nitrogens with one attached hydrogen (secondary N) is 3. The van der Waals surface area contributed by atoms with Gasteiger partial charge in [0.2, 0.25) is 17.7 Å². The van der Waals surface area contributed by atoms with Gasteiger partial charge < -0.3 is 40.2 Å². The van der Waals surface area contributed by atoms with Crippen LogP contribution < -0.4 is 30.5 Å². The SMILES string of the molecule is COC(=O)CCCCC(=O)NC1(C(=O)N[C@H](C)C(=O)Nc2ccc(COC(=O)N3C[C@@H]4Cc5ccccc5N4C(=O)c4cc(OC)c(O)cc43)cc2)C(C)[C@H]1C. The van der Waals surface area contributed by atoms with E-state index in [1.165, 1.54) is 31.3 Å². The number of hydrogen-bond donors (Lipinski definition) is 4. The van der Waals surface area contributed by atoms with E-state index in [1.807, 2.05) is 38.1 Å². The monoisotopic (exact) mass is 769 g/mol. The van der Waals surface area contributed by atoms with Crippen molar-refractivity contribution < 1.29 is 48.1 Å². The highest BCUT2D eigenvalue weighted by Gasteiger charge is 2.65. The second-order valence-corrected chi connectivity index (χ2v) is 14.5. The summed E-state index contributed by atoms with van der Waals surface area (Å²) in [4.78, 5) is 81.2. The van der Waals surface area contributed by atoms with Gasteiger partial charge in [0.25, 0.3) is 5.91 Å². The number of unbranched alkanes of at least 4 members (excludes halogenated alkanes) is 1. The molecule has 15 nitrogen and oxygen atoms in total.